The van der Waals surface area contributed by atoms with E-state index in [4.69, 9.17) is 4.74 Å². The molecule has 4 rings (SSSR count). The molecule has 1 heterocycles. The Bertz CT molecular complexity index is 1120. The van der Waals surface area contributed by atoms with Crippen molar-refractivity contribution in [1.82, 2.24) is 15.1 Å². The van der Waals surface area contributed by atoms with Gasteiger partial charge in [-0.3, -0.25) is 9.48 Å². The number of ether oxygens (including phenoxy) is 1. The lowest BCUT2D eigenvalue weighted by Crippen LogP contribution is -2.43. The number of carboxylic acid groups (broad SMARTS) is 1. The van der Waals surface area contributed by atoms with E-state index in [0.29, 0.717) is 0 Å². The largest absolute Gasteiger partial charge is 0.480 e. The SMILES string of the molecule is Cn1[nH]cc(C[C@H](NC(=O)OCC2c3ccccc3-c3ccccc32)C(=O)O)c1=O. The summed E-state index contributed by atoms with van der Waals surface area (Å²) >= 11 is 0. The first-order valence-corrected chi connectivity index (χ1v) is 9.53. The van der Waals surface area contributed by atoms with Crippen LogP contribution < -0.4 is 10.9 Å². The minimum Gasteiger partial charge on any atom is -0.480 e. The number of aromatic amines is 1. The highest BCUT2D eigenvalue weighted by molar-refractivity contribution is 5.81. The second-order valence-corrected chi connectivity index (χ2v) is 7.23. The van der Waals surface area contributed by atoms with Crippen LogP contribution in [-0.2, 0) is 23.0 Å². The minimum atomic E-state index is -1.27. The van der Waals surface area contributed by atoms with Crippen LogP contribution in [0, 0.1) is 0 Å². The number of benzene rings is 2. The van der Waals surface area contributed by atoms with E-state index >= 15 is 0 Å². The Labute approximate surface area is 172 Å². The highest BCUT2D eigenvalue weighted by atomic mass is 16.5. The summed E-state index contributed by atoms with van der Waals surface area (Å²) in [5.74, 6) is -1.37. The number of nitrogens with zero attached hydrogens (tertiary/aromatic N) is 1. The number of amides is 1. The van der Waals surface area contributed by atoms with E-state index in [-0.39, 0.29) is 30.1 Å². The van der Waals surface area contributed by atoms with E-state index in [1.54, 1.807) is 0 Å². The first-order chi connectivity index (χ1) is 14.5. The molecule has 0 spiro atoms. The summed E-state index contributed by atoms with van der Waals surface area (Å²) in [5, 5.41) is 14.5. The van der Waals surface area contributed by atoms with Crippen molar-refractivity contribution < 1.29 is 19.4 Å². The number of aliphatic carboxylic acids is 1. The molecule has 2 aromatic carbocycles. The van der Waals surface area contributed by atoms with Gasteiger partial charge in [-0.2, -0.15) is 0 Å². The Morgan fingerprint density at radius 2 is 1.73 bits per heavy atom. The Morgan fingerprint density at radius 3 is 2.27 bits per heavy atom. The fraction of sp³-hybridized carbons (Fsp3) is 0.227. The van der Waals surface area contributed by atoms with E-state index in [2.05, 4.69) is 10.4 Å². The van der Waals surface area contributed by atoms with E-state index in [0.717, 1.165) is 22.3 Å². The predicted molar refractivity (Wildman–Crippen MR) is 109 cm³/mol. The summed E-state index contributed by atoms with van der Waals surface area (Å²) < 4.78 is 6.63. The number of H-pyrrole nitrogens is 1. The van der Waals surface area contributed by atoms with Crippen LogP contribution in [-0.4, -0.2) is 39.6 Å². The van der Waals surface area contributed by atoms with Gasteiger partial charge in [-0.15, -0.1) is 0 Å². The lowest BCUT2D eigenvalue weighted by molar-refractivity contribution is -0.139. The molecule has 8 heteroatoms. The van der Waals surface area contributed by atoms with Crippen molar-refractivity contribution in [2.75, 3.05) is 6.61 Å². The van der Waals surface area contributed by atoms with Gasteiger partial charge in [0, 0.05) is 31.1 Å². The number of carbonyl (C=O) groups is 2. The van der Waals surface area contributed by atoms with Crippen LogP contribution in [0.2, 0.25) is 0 Å². The molecule has 1 aromatic heterocycles. The van der Waals surface area contributed by atoms with E-state index in [1.807, 2.05) is 48.5 Å². The van der Waals surface area contributed by atoms with Crippen LogP contribution in [0.3, 0.4) is 0 Å². The monoisotopic (exact) mass is 407 g/mol. The van der Waals surface area contributed by atoms with Gasteiger partial charge in [0.15, 0.2) is 0 Å². The van der Waals surface area contributed by atoms with Crippen molar-refractivity contribution in [2.45, 2.75) is 18.4 Å². The number of alkyl carbamates (subject to hydrolysis) is 1. The standard InChI is InChI=1S/C22H21N3O5/c1-25-20(26)13(11-23-25)10-19(21(27)28)24-22(29)30-12-18-16-8-4-2-6-14(16)15-7-3-5-9-17(15)18/h2-9,11,18-19,23H,10,12H2,1H3,(H,24,29)(H,27,28)/t19-/m0/s1. The summed E-state index contributed by atoms with van der Waals surface area (Å²) in [6.45, 7) is 0.0815. The Hall–Kier alpha value is -3.81. The summed E-state index contributed by atoms with van der Waals surface area (Å²) in [6, 6.07) is 14.6. The van der Waals surface area contributed by atoms with Gasteiger partial charge in [-0.25, -0.2) is 9.59 Å². The molecule has 0 radical (unpaired) electrons. The number of fused-ring (bicyclic) bond motifs is 3. The number of hydrogen-bond donors (Lipinski definition) is 3. The third kappa shape index (κ3) is 3.59. The normalized spacial score (nSPS) is 13.4. The lowest BCUT2D eigenvalue weighted by Gasteiger charge is -2.17. The third-order valence-electron chi connectivity index (χ3n) is 5.37. The lowest BCUT2D eigenvalue weighted by atomic mass is 9.98. The molecule has 3 aromatic rings. The second-order valence-electron chi connectivity index (χ2n) is 7.23. The van der Waals surface area contributed by atoms with Gasteiger partial charge in [0.1, 0.15) is 12.6 Å². The Balaban J connectivity index is 1.45. The predicted octanol–water partition coefficient (Wildman–Crippen LogP) is 2.25. The first kappa shape index (κ1) is 19.5. The van der Waals surface area contributed by atoms with E-state index in [1.165, 1.54) is 17.9 Å². The zero-order valence-electron chi connectivity index (χ0n) is 16.3. The average molecular weight is 407 g/mol. The van der Waals surface area contributed by atoms with Crippen molar-refractivity contribution in [3.63, 3.8) is 0 Å². The zero-order chi connectivity index (χ0) is 21.3. The molecular formula is C22H21N3O5. The average Bonchev–Trinajstić information content (AvgIpc) is 3.23. The Kier molecular flexibility index (Phi) is 5.14. The molecule has 0 saturated carbocycles. The van der Waals surface area contributed by atoms with Crippen LogP contribution in [0.15, 0.2) is 59.5 Å². The zero-order valence-corrected chi connectivity index (χ0v) is 16.3. The van der Waals surface area contributed by atoms with Gasteiger partial charge in [0.2, 0.25) is 0 Å². The van der Waals surface area contributed by atoms with E-state index in [9.17, 15) is 19.5 Å². The molecule has 0 aliphatic heterocycles. The molecule has 1 atom stereocenters. The fourth-order valence-electron chi connectivity index (χ4n) is 3.86. The molecule has 30 heavy (non-hydrogen) atoms. The molecule has 3 N–H and O–H groups in total. The number of carbonyl (C=O) groups excluding carboxylic acids is 1. The number of aryl methyl sites for hydroxylation is 1. The van der Waals surface area contributed by atoms with Crippen molar-refractivity contribution in [2.24, 2.45) is 7.05 Å². The molecule has 8 nitrogen and oxygen atoms in total. The third-order valence-corrected chi connectivity index (χ3v) is 5.37. The Morgan fingerprint density at radius 1 is 1.13 bits per heavy atom. The maximum atomic E-state index is 12.3. The smallest absolute Gasteiger partial charge is 0.407 e. The molecule has 0 unspecified atom stereocenters. The number of nitrogens with one attached hydrogen (secondary N) is 2. The van der Waals surface area contributed by atoms with Crippen LogP contribution >= 0.6 is 0 Å². The van der Waals surface area contributed by atoms with Crippen LogP contribution in [0.4, 0.5) is 4.79 Å². The van der Waals surface area contributed by atoms with Crippen LogP contribution in [0.5, 0.6) is 0 Å². The second kappa shape index (κ2) is 7.90. The van der Waals surface area contributed by atoms with Gasteiger partial charge < -0.3 is 20.3 Å². The van der Waals surface area contributed by atoms with E-state index < -0.39 is 18.1 Å². The maximum Gasteiger partial charge on any atom is 0.407 e. The molecule has 0 saturated heterocycles. The van der Waals surface area contributed by atoms with Gasteiger partial charge in [0.25, 0.3) is 5.56 Å². The highest BCUT2D eigenvalue weighted by Crippen LogP contribution is 2.44. The molecular weight excluding hydrogens is 386 g/mol. The molecule has 1 amide bonds. The molecule has 1 aliphatic carbocycles. The molecule has 0 fully saturated rings. The fourth-order valence-corrected chi connectivity index (χ4v) is 3.86. The number of hydrogen-bond acceptors (Lipinski definition) is 4. The first-order valence-electron chi connectivity index (χ1n) is 9.53. The van der Waals surface area contributed by atoms with Gasteiger partial charge in [0.05, 0.1) is 0 Å². The summed E-state index contributed by atoms with van der Waals surface area (Å²) in [7, 11) is 1.53. The number of aromatic nitrogens is 2. The number of rotatable bonds is 6. The van der Waals surface area contributed by atoms with Crippen molar-refractivity contribution in [3.05, 3.63) is 81.8 Å². The molecule has 154 valence electrons. The van der Waals surface area contributed by atoms with Gasteiger partial charge in [-0.05, 0) is 22.3 Å². The van der Waals surface area contributed by atoms with Crippen molar-refractivity contribution >= 4 is 12.1 Å². The summed E-state index contributed by atoms with van der Waals surface area (Å²) in [5.41, 5.74) is 4.27. The van der Waals surface area contributed by atoms with Crippen molar-refractivity contribution in [3.8, 4) is 11.1 Å². The highest BCUT2D eigenvalue weighted by Gasteiger charge is 2.30. The van der Waals surface area contributed by atoms with Gasteiger partial charge >= 0.3 is 12.1 Å². The summed E-state index contributed by atoms with van der Waals surface area (Å²) in [6.07, 6.45) is 0.449. The quantitative estimate of drug-likeness (QED) is 0.580. The maximum absolute atomic E-state index is 12.3. The minimum absolute atomic E-state index is 0.0815. The van der Waals surface area contributed by atoms with Crippen molar-refractivity contribution in [1.29, 1.82) is 0 Å². The number of carboxylic acids is 1. The molecule has 1 aliphatic rings. The van der Waals surface area contributed by atoms with Gasteiger partial charge in [-0.1, -0.05) is 48.5 Å². The van der Waals surface area contributed by atoms with Crippen LogP contribution in [0.25, 0.3) is 11.1 Å². The molecule has 0 bridgehead atoms. The topological polar surface area (TPSA) is 113 Å². The summed E-state index contributed by atoms with van der Waals surface area (Å²) in [4.78, 5) is 35.8. The van der Waals surface area contributed by atoms with Crippen LogP contribution in [0.1, 0.15) is 22.6 Å².